The first-order valence-electron chi connectivity index (χ1n) is 8.64. The van der Waals surface area contributed by atoms with E-state index in [1.54, 1.807) is 0 Å². The normalized spacial score (nSPS) is 33.1. The van der Waals surface area contributed by atoms with Crippen molar-refractivity contribution in [2.24, 2.45) is 5.92 Å². The molecule has 1 aliphatic carbocycles. The molecule has 2 amide bonds. The zero-order valence-corrected chi connectivity index (χ0v) is 13.1. The molecule has 6 nitrogen and oxygen atoms in total. The van der Waals surface area contributed by atoms with Crippen molar-refractivity contribution in [3.05, 3.63) is 0 Å². The first kappa shape index (κ1) is 15.7. The first-order chi connectivity index (χ1) is 10.6. The second kappa shape index (κ2) is 6.96. The molecular formula is C16H27N3O3. The minimum atomic E-state index is -0.427. The van der Waals surface area contributed by atoms with E-state index in [1.807, 2.05) is 4.90 Å². The fourth-order valence-electron chi connectivity index (χ4n) is 3.90. The van der Waals surface area contributed by atoms with E-state index < -0.39 is 6.10 Å². The quantitative estimate of drug-likeness (QED) is 0.686. The summed E-state index contributed by atoms with van der Waals surface area (Å²) in [5.74, 6) is 0.439. The van der Waals surface area contributed by atoms with Gasteiger partial charge in [-0.3, -0.25) is 9.59 Å². The number of likely N-dealkylation sites (tertiary alicyclic amines) is 1. The molecule has 0 spiro atoms. The van der Waals surface area contributed by atoms with Crippen molar-refractivity contribution in [1.29, 1.82) is 0 Å². The average molecular weight is 309 g/mol. The van der Waals surface area contributed by atoms with Crippen LogP contribution in [0.3, 0.4) is 0 Å². The summed E-state index contributed by atoms with van der Waals surface area (Å²) in [6.07, 6.45) is 6.52. The highest BCUT2D eigenvalue weighted by Gasteiger charge is 2.34. The molecule has 6 heteroatoms. The number of nitrogens with zero attached hydrogens (tertiary/aromatic N) is 1. The lowest BCUT2D eigenvalue weighted by atomic mass is 9.88. The molecule has 3 fully saturated rings. The van der Waals surface area contributed by atoms with Gasteiger partial charge in [0.05, 0.1) is 12.1 Å². The molecule has 0 radical (unpaired) electrons. The van der Waals surface area contributed by atoms with Crippen molar-refractivity contribution in [2.75, 3.05) is 19.6 Å². The Hall–Kier alpha value is -1.14. The highest BCUT2D eigenvalue weighted by atomic mass is 16.3. The molecule has 3 aliphatic rings. The van der Waals surface area contributed by atoms with Gasteiger partial charge >= 0.3 is 0 Å². The van der Waals surface area contributed by atoms with E-state index in [-0.39, 0.29) is 29.8 Å². The Balaban J connectivity index is 1.45. The van der Waals surface area contributed by atoms with Crippen LogP contribution in [0.5, 0.6) is 0 Å². The van der Waals surface area contributed by atoms with E-state index in [4.69, 9.17) is 0 Å². The zero-order valence-electron chi connectivity index (χ0n) is 13.1. The summed E-state index contributed by atoms with van der Waals surface area (Å²) in [5.41, 5.74) is 0. The molecule has 1 saturated carbocycles. The molecule has 124 valence electrons. The van der Waals surface area contributed by atoms with Crippen LogP contribution in [0.4, 0.5) is 0 Å². The van der Waals surface area contributed by atoms with Gasteiger partial charge in [0.15, 0.2) is 0 Å². The smallest absolute Gasteiger partial charge is 0.237 e. The van der Waals surface area contributed by atoms with E-state index in [1.165, 1.54) is 19.3 Å². The molecule has 0 bridgehead atoms. The standard InChI is InChI=1S/C16H27N3O3/c20-13-8-14(17-9-13)15(21)18-12-6-7-19(10-12)16(22)11-4-2-1-3-5-11/h11-14,17,20H,1-10H2,(H,18,21). The van der Waals surface area contributed by atoms with Crippen LogP contribution in [-0.2, 0) is 9.59 Å². The lowest BCUT2D eigenvalue weighted by Gasteiger charge is -2.26. The summed E-state index contributed by atoms with van der Waals surface area (Å²) >= 11 is 0. The van der Waals surface area contributed by atoms with Crippen LogP contribution in [0.15, 0.2) is 0 Å². The number of carbonyl (C=O) groups excluding carboxylic acids is 2. The average Bonchev–Trinajstić information content (AvgIpc) is 3.16. The number of aliphatic hydroxyl groups is 1. The van der Waals surface area contributed by atoms with Gasteiger partial charge in [-0.1, -0.05) is 19.3 Å². The number of nitrogens with one attached hydrogen (secondary N) is 2. The molecule has 3 atom stereocenters. The third kappa shape index (κ3) is 3.60. The van der Waals surface area contributed by atoms with Crippen LogP contribution in [-0.4, -0.2) is 59.6 Å². The number of amides is 2. The maximum absolute atomic E-state index is 12.5. The summed E-state index contributed by atoms with van der Waals surface area (Å²) in [6, 6.07) is -0.238. The molecule has 0 aromatic carbocycles. The third-order valence-electron chi connectivity index (χ3n) is 5.22. The van der Waals surface area contributed by atoms with Gasteiger partial charge in [-0.2, -0.15) is 0 Å². The Morgan fingerprint density at radius 2 is 1.91 bits per heavy atom. The summed E-state index contributed by atoms with van der Waals surface area (Å²) in [7, 11) is 0. The predicted octanol–water partition coefficient (Wildman–Crippen LogP) is 0.00660. The zero-order chi connectivity index (χ0) is 15.5. The van der Waals surface area contributed by atoms with Crippen molar-refractivity contribution < 1.29 is 14.7 Å². The van der Waals surface area contributed by atoms with Crippen molar-refractivity contribution >= 4 is 11.8 Å². The molecule has 0 aromatic rings. The van der Waals surface area contributed by atoms with Gasteiger partial charge in [0.2, 0.25) is 11.8 Å². The highest BCUT2D eigenvalue weighted by molar-refractivity contribution is 5.83. The van der Waals surface area contributed by atoms with Crippen LogP contribution in [0.25, 0.3) is 0 Å². The fraction of sp³-hybridized carbons (Fsp3) is 0.875. The Morgan fingerprint density at radius 3 is 2.59 bits per heavy atom. The van der Waals surface area contributed by atoms with Gasteiger partial charge in [0.25, 0.3) is 0 Å². The number of rotatable bonds is 3. The maximum Gasteiger partial charge on any atom is 0.237 e. The van der Waals surface area contributed by atoms with Crippen LogP contribution < -0.4 is 10.6 Å². The van der Waals surface area contributed by atoms with Gasteiger partial charge in [-0.15, -0.1) is 0 Å². The van der Waals surface area contributed by atoms with E-state index in [0.29, 0.717) is 19.5 Å². The van der Waals surface area contributed by atoms with Gasteiger partial charge in [0, 0.05) is 31.6 Å². The number of carbonyl (C=O) groups is 2. The SMILES string of the molecule is O=C(NC1CCN(C(=O)C2CCCCC2)C1)C1CC(O)CN1. The Labute approximate surface area is 131 Å². The van der Waals surface area contributed by atoms with E-state index in [0.717, 1.165) is 25.8 Å². The monoisotopic (exact) mass is 309 g/mol. The Kier molecular flexibility index (Phi) is 4.98. The van der Waals surface area contributed by atoms with E-state index in [2.05, 4.69) is 10.6 Å². The van der Waals surface area contributed by atoms with Crippen LogP contribution in [0.2, 0.25) is 0 Å². The van der Waals surface area contributed by atoms with Gasteiger partial charge in [-0.05, 0) is 25.7 Å². The van der Waals surface area contributed by atoms with E-state index >= 15 is 0 Å². The molecule has 3 unspecified atom stereocenters. The second-order valence-electron chi connectivity index (χ2n) is 6.96. The summed E-state index contributed by atoms with van der Waals surface area (Å²) < 4.78 is 0. The number of aliphatic hydroxyl groups excluding tert-OH is 1. The number of hydrogen-bond acceptors (Lipinski definition) is 4. The molecule has 0 aromatic heterocycles. The fourth-order valence-corrected chi connectivity index (χ4v) is 3.90. The van der Waals surface area contributed by atoms with Gasteiger partial charge in [0.1, 0.15) is 0 Å². The topological polar surface area (TPSA) is 81.7 Å². The number of β-amino-alcohol motifs (C(OH)–C–C–N with tert-alkyl or cyclic N) is 1. The van der Waals surface area contributed by atoms with E-state index in [9.17, 15) is 14.7 Å². The van der Waals surface area contributed by atoms with Crippen molar-refractivity contribution in [3.8, 4) is 0 Å². The third-order valence-corrected chi connectivity index (χ3v) is 5.22. The Morgan fingerprint density at radius 1 is 1.14 bits per heavy atom. The van der Waals surface area contributed by atoms with Crippen LogP contribution in [0, 0.1) is 5.92 Å². The summed E-state index contributed by atoms with van der Waals surface area (Å²) in [4.78, 5) is 26.6. The lowest BCUT2D eigenvalue weighted by Crippen LogP contribution is -2.46. The summed E-state index contributed by atoms with van der Waals surface area (Å²) in [6.45, 7) is 1.87. The minimum Gasteiger partial charge on any atom is -0.392 e. The molecule has 2 aliphatic heterocycles. The minimum absolute atomic E-state index is 0.0477. The molecule has 2 saturated heterocycles. The molecule has 3 rings (SSSR count). The van der Waals surface area contributed by atoms with Gasteiger partial charge in [-0.25, -0.2) is 0 Å². The molecule has 22 heavy (non-hydrogen) atoms. The van der Waals surface area contributed by atoms with Gasteiger partial charge < -0.3 is 20.6 Å². The van der Waals surface area contributed by atoms with Crippen LogP contribution >= 0.6 is 0 Å². The van der Waals surface area contributed by atoms with Crippen LogP contribution in [0.1, 0.15) is 44.9 Å². The Bertz CT molecular complexity index is 423. The molecule has 2 heterocycles. The molecule has 3 N–H and O–H groups in total. The predicted molar refractivity (Wildman–Crippen MR) is 82.1 cm³/mol. The van der Waals surface area contributed by atoms with Crippen molar-refractivity contribution in [2.45, 2.75) is 63.1 Å². The number of hydrogen-bond donors (Lipinski definition) is 3. The largest absolute Gasteiger partial charge is 0.392 e. The first-order valence-corrected chi connectivity index (χ1v) is 8.64. The molecular weight excluding hydrogens is 282 g/mol. The lowest BCUT2D eigenvalue weighted by molar-refractivity contribution is -0.135. The highest BCUT2D eigenvalue weighted by Crippen LogP contribution is 2.26. The van der Waals surface area contributed by atoms with Crippen molar-refractivity contribution in [1.82, 2.24) is 15.5 Å². The maximum atomic E-state index is 12.5. The summed E-state index contributed by atoms with van der Waals surface area (Å²) in [5, 5.41) is 15.5. The second-order valence-corrected chi connectivity index (χ2v) is 6.96. The van der Waals surface area contributed by atoms with Crippen molar-refractivity contribution in [3.63, 3.8) is 0 Å².